The summed E-state index contributed by atoms with van der Waals surface area (Å²) in [4.78, 5) is 37.9. The van der Waals surface area contributed by atoms with Gasteiger partial charge in [0.1, 0.15) is 11.6 Å². The average molecular weight is 437 g/mol. The lowest BCUT2D eigenvalue weighted by Gasteiger charge is -2.09. The van der Waals surface area contributed by atoms with E-state index in [1.165, 1.54) is 18.9 Å². The van der Waals surface area contributed by atoms with E-state index in [1.54, 1.807) is 6.92 Å². The predicted octanol–water partition coefficient (Wildman–Crippen LogP) is 3.31. The fraction of sp³-hybridized carbons (Fsp3) is 0.350. The van der Waals surface area contributed by atoms with Crippen molar-refractivity contribution in [2.75, 3.05) is 31.4 Å². The minimum absolute atomic E-state index is 0.0619. The Morgan fingerprint density at radius 1 is 1.17 bits per heavy atom. The molecule has 1 aromatic carbocycles. The molecule has 3 N–H and O–H groups in total. The molecule has 2 amide bonds. The molecule has 0 aliphatic rings. The normalized spacial score (nSPS) is 10.6. The van der Waals surface area contributed by atoms with Crippen molar-refractivity contribution in [3.05, 3.63) is 45.3 Å². The minimum Gasteiger partial charge on any atom is -0.460 e. The Kier molecular flexibility index (Phi) is 8.24. The zero-order chi connectivity index (χ0) is 21.6. The largest absolute Gasteiger partial charge is 0.460 e. The van der Waals surface area contributed by atoms with E-state index in [-0.39, 0.29) is 40.3 Å². The molecule has 0 aliphatic carbocycles. The quantitative estimate of drug-likeness (QED) is 0.355. The third kappa shape index (κ3) is 6.06. The fourth-order valence-corrected chi connectivity index (χ4v) is 4.53. The highest BCUT2D eigenvalue weighted by Crippen LogP contribution is 2.34. The second-order valence-corrected chi connectivity index (χ2v) is 8.40. The smallest absolute Gasteiger partial charge is 0.341 e. The number of esters is 1. The number of ether oxygens (including phenoxy) is 2. The second-order valence-electron chi connectivity index (χ2n) is 6.36. The summed E-state index contributed by atoms with van der Waals surface area (Å²) >= 11 is 2.37. The molecule has 2 rings (SSSR count). The molecule has 0 bridgehead atoms. The zero-order valence-electron chi connectivity index (χ0n) is 16.8. The number of anilines is 1. The molecule has 0 atom stereocenters. The van der Waals surface area contributed by atoms with Gasteiger partial charge in [0.25, 0.3) is 5.91 Å². The number of thioether (sulfide) groups is 1. The van der Waals surface area contributed by atoms with E-state index in [9.17, 15) is 14.4 Å². The first-order chi connectivity index (χ1) is 13.7. The van der Waals surface area contributed by atoms with Gasteiger partial charge in [0, 0.05) is 12.0 Å². The van der Waals surface area contributed by atoms with Crippen LogP contribution in [-0.4, -0.2) is 43.9 Å². The van der Waals surface area contributed by atoms with E-state index in [2.05, 4.69) is 5.32 Å². The molecule has 9 heteroatoms. The lowest BCUT2D eigenvalue weighted by atomic mass is 10.1. The third-order valence-electron chi connectivity index (χ3n) is 4.05. The fourth-order valence-electron chi connectivity index (χ4n) is 2.54. The summed E-state index contributed by atoms with van der Waals surface area (Å²) in [5.41, 5.74) is 8.13. The Hall–Kier alpha value is -2.36. The van der Waals surface area contributed by atoms with Crippen molar-refractivity contribution in [2.45, 2.75) is 25.7 Å². The van der Waals surface area contributed by atoms with Crippen LogP contribution in [0.1, 0.15) is 36.7 Å². The number of hydrogen-bond donors (Lipinski definition) is 2. The maximum absolute atomic E-state index is 12.5. The molecular weight excluding hydrogens is 412 g/mol. The van der Waals surface area contributed by atoms with Crippen LogP contribution >= 0.6 is 23.1 Å². The number of nitrogens with two attached hydrogens (primary N) is 1. The van der Waals surface area contributed by atoms with Crippen molar-refractivity contribution in [3.8, 4) is 0 Å². The van der Waals surface area contributed by atoms with Crippen molar-refractivity contribution >= 4 is 45.9 Å². The number of methoxy groups -OCH3 is 1. The van der Waals surface area contributed by atoms with Crippen LogP contribution in [0.5, 0.6) is 0 Å². The van der Waals surface area contributed by atoms with Crippen LogP contribution in [0.3, 0.4) is 0 Å². The highest BCUT2D eigenvalue weighted by atomic mass is 32.2. The molecule has 0 aliphatic heterocycles. The summed E-state index contributed by atoms with van der Waals surface area (Å²) in [6.07, 6.45) is 0. The van der Waals surface area contributed by atoms with E-state index in [4.69, 9.17) is 15.2 Å². The predicted molar refractivity (Wildman–Crippen MR) is 115 cm³/mol. The topological polar surface area (TPSA) is 108 Å². The van der Waals surface area contributed by atoms with Crippen molar-refractivity contribution in [3.63, 3.8) is 0 Å². The monoisotopic (exact) mass is 436 g/mol. The van der Waals surface area contributed by atoms with Gasteiger partial charge in [-0.25, -0.2) is 4.79 Å². The van der Waals surface area contributed by atoms with E-state index >= 15 is 0 Å². The van der Waals surface area contributed by atoms with Gasteiger partial charge < -0.3 is 20.5 Å². The van der Waals surface area contributed by atoms with E-state index in [0.717, 1.165) is 27.4 Å². The maximum Gasteiger partial charge on any atom is 0.341 e. The van der Waals surface area contributed by atoms with Gasteiger partial charge in [-0.15, -0.1) is 23.1 Å². The Bertz CT molecular complexity index is 924. The van der Waals surface area contributed by atoms with E-state index in [0.29, 0.717) is 5.56 Å². The molecule has 0 saturated carbocycles. The van der Waals surface area contributed by atoms with Crippen molar-refractivity contribution in [1.29, 1.82) is 0 Å². The Balaban J connectivity index is 2.16. The SMILES string of the molecule is COCCOC(=O)c1c(NC(=O)CSc2cc(C)ccc2C)sc(C(N)=O)c1C. The van der Waals surface area contributed by atoms with E-state index < -0.39 is 11.9 Å². The molecule has 0 fully saturated rings. The van der Waals surface area contributed by atoms with Crippen LogP contribution in [0.4, 0.5) is 5.00 Å². The number of primary amides is 1. The lowest BCUT2D eigenvalue weighted by Crippen LogP contribution is -2.17. The molecule has 7 nitrogen and oxygen atoms in total. The number of hydrogen-bond acceptors (Lipinski definition) is 7. The summed E-state index contributed by atoms with van der Waals surface area (Å²) in [5, 5.41) is 2.98. The van der Waals surface area contributed by atoms with Gasteiger partial charge in [-0.05, 0) is 38.0 Å². The summed E-state index contributed by atoms with van der Waals surface area (Å²) in [6.45, 7) is 5.88. The summed E-state index contributed by atoms with van der Waals surface area (Å²) in [6, 6.07) is 6.04. The molecule has 0 saturated heterocycles. The molecule has 2 aromatic rings. The van der Waals surface area contributed by atoms with Gasteiger partial charge in [0.2, 0.25) is 5.91 Å². The number of thiophene rings is 1. The lowest BCUT2D eigenvalue weighted by molar-refractivity contribution is -0.113. The maximum atomic E-state index is 12.5. The number of benzene rings is 1. The zero-order valence-corrected chi connectivity index (χ0v) is 18.4. The van der Waals surface area contributed by atoms with E-state index in [1.807, 2.05) is 32.0 Å². The summed E-state index contributed by atoms with van der Waals surface area (Å²) < 4.78 is 10.0. The number of carbonyl (C=O) groups is 3. The van der Waals surface area contributed by atoms with Gasteiger partial charge >= 0.3 is 5.97 Å². The molecule has 0 radical (unpaired) electrons. The average Bonchev–Trinajstić information content (AvgIpc) is 2.98. The molecule has 1 aromatic heterocycles. The number of nitrogens with one attached hydrogen (secondary N) is 1. The first-order valence-corrected chi connectivity index (χ1v) is 10.6. The van der Waals surface area contributed by atoms with Crippen molar-refractivity contribution in [1.82, 2.24) is 0 Å². The highest BCUT2D eigenvalue weighted by Gasteiger charge is 2.25. The molecule has 0 unspecified atom stereocenters. The Labute approximate surface area is 178 Å². The van der Waals surface area contributed by atoms with Crippen LogP contribution in [0.2, 0.25) is 0 Å². The molecule has 156 valence electrons. The van der Waals surface area contributed by atoms with Crippen LogP contribution < -0.4 is 11.1 Å². The van der Waals surface area contributed by atoms with Crippen LogP contribution in [0.15, 0.2) is 23.1 Å². The third-order valence-corrected chi connectivity index (χ3v) is 6.43. The summed E-state index contributed by atoms with van der Waals surface area (Å²) in [5.74, 6) is -1.44. The number of amides is 2. The van der Waals surface area contributed by atoms with Crippen molar-refractivity contribution in [2.24, 2.45) is 5.73 Å². The molecule has 29 heavy (non-hydrogen) atoms. The summed E-state index contributed by atoms with van der Waals surface area (Å²) in [7, 11) is 1.49. The first-order valence-electron chi connectivity index (χ1n) is 8.83. The second kappa shape index (κ2) is 10.4. The van der Waals surface area contributed by atoms with Gasteiger partial charge in [-0.3, -0.25) is 9.59 Å². The number of aryl methyl sites for hydroxylation is 2. The Morgan fingerprint density at radius 3 is 2.55 bits per heavy atom. The standard InChI is InChI=1S/C20H24N2O5S2/c1-11-5-6-12(2)14(9-11)28-10-15(23)22-19-16(20(25)27-8-7-26-4)13(3)17(29-19)18(21)24/h5-6,9H,7-8,10H2,1-4H3,(H2,21,24)(H,22,23). The van der Waals surface area contributed by atoms with Gasteiger partial charge in [0.15, 0.2) is 0 Å². The number of rotatable bonds is 9. The highest BCUT2D eigenvalue weighted by molar-refractivity contribution is 8.00. The number of carbonyl (C=O) groups excluding carboxylic acids is 3. The van der Waals surface area contributed by atoms with Crippen LogP contribution in [0, 0.1) is 20.8 Å². The molecular formula is C20H24N2O5S2. The molecule has 0 spiro atoms. The van der Waals surface area contributed by atoms with Crippen LogP contribution in [0.25, 0.3) is 0 Å². The van der Waals surface area contributed by atoms with Crippen molar-refractivity contribution < 1.29 is 23.9 Å². The van der Waals surface area contributed by atoms with Gasteiger partial charge in [-0.2, -0.15) is 0 Å². The minimum atomic E-state index is -0.663. The van der Waals surface area contributed by atoms with Crippen LogP contribution in [-0.2, 0) is 14.3 Å². The van der Waals surface area contributed by atoms with Gasteiger partial charge in [0.05, 0.1) is 22.8 Å². The Morgan fingerprint density at radius 2 is 1.90 bits per heavy atom. The molecule has 1 heterocycles. The van der Waals surface area contributed by atoms with Gasteiger partial charge in [-0.1, -0.05) is 17.7 Å². The first kappa shape index (κ1) is 22.9.